The maximum atomic E-state index is 10.1. The third kappa shape index (κ3) is 2.05. The highest BCUT2D eigenvalue weighted by Crippen LogP contribution is 2.32. The van der Waals surface area contributed by atoms with Gasteiger partial charge < -0.3 is 9.52 Å². The summed E-state index contributed by atoms with van der Waals surface area (Å²) in [5.41, 5.74) is 4.45. The minimum absolute atomic E-state index is 0.287. The molecule has 0 spiro atoms. The number of aromatic nitrogens is 1. The SMILES string of the molecule is Cc1cccc2oc(-c3ccc(C(C)C)c(O)c3)nc12. The summed E-state index contributed by atoms with van der Waals surface area (Å²) in [7, 11) is 0. The van der Waals surface area contributed by atoms with Crippen LogP contribution in [0.3, 0.4) is 0 Å². The van der Waals surface area contributed by atoms with Crippen LogP contribution in [0.2, 0.25) is 0 Å². The Kier molecular flexibility index (Phi) is 2.97. The van der Waals surface area contributed by atoms with Gasteiger partial charge in [0, 0.05) is 5.56 Å². The van der Waals surface area contributed by atoms with Crippen molar-refractivity contribution < 1.29 is 9.52 Å². The number of rotatable bonds is 2. The second-order valence-electron chi connectivity index (χ2n) is 5.37. The van der Waals surface area contributed by atoms with E-state index in [1.54, 1.807) is 6.07 Å². The van der Waals surface area contributed by atoms with Crippen molar-refractivity contribution in [2.45, 2.75) is 26.7 Å². The maximum Gasteiger partial charge on any atom is 0.227 e. The topological polar surface area (TPSA) is 46.3 Å². The largest absolute Gasteiger partial charge is 0.508 e. The zero-order chi connectivity index (χ0) is 14.3. The number of nitrogens with zero attached hydrogens (tertiary/aromatic N) is 1. The van der Waals surface area contributed by atoms with Gasteiger partial charge in [0.25, 0.3) is 0 Å². The third-order valence-corrected chi connectivity index (χ3v) is 3.52. The van der Waals surface area contributed by atoms with Gasteiger partial charge in [0.2, 0.25) is 5.89 Å². The summed E-state index contributed by atoms with van der Waals surface area (Å²) in [6.45, 7) is 6.11. The molecule has 20 heavy (non-hydrogen) atoms. The first-order valence-electron chi connectivity index (χ1n) is 6.75. The fourth-order valence-electron chi connectivity index (χ4n) is 2.37. The molecule has 1 aromatic heterocycles. The molecule has 1 heterocycles. The number of phenolic OH excluding ortho intramolecular Hbond substituents is 1. The Morgan fingerprint density at radius 3 is 2.60 bits per heavy atom. The van der Waals surface area contributed by atoms with Crippen molar-refractivity contribution in [1.29, 1.82) is 0 Å². The molecule has 0 saturated heterocycles. The molecular formula is C17H17NO2. The summed E-state index contributed by atoms with van der Waals surface area (Å²) in [6.07, 6.45) is 0. The minimum atomic E-state index is 0.287. The molecule has 3 nitrogen and oxygen atoms in total. The number of aryl methyl sites for hydroxylation is 1. The average Bonchev–Trinajstić information content (AvgIpc) is 2.83. The van der Waals surface area contributed by atoms with E-state index in [0.717, 1.165) is 27.8 Å². The van der Waals surface area contributed by atoms with Crippen LogP contribution < -0.4 is 0 Å². The van der Waals surface area contributed by atoms with Gasteiger partial charge in [-0.15, -0.1) is 0 Å². The number of hydrogen-bond acceptors (Lipinski definition) is 3. The van der Waals surface area contributed by atoms with Crippen LogP contribution >= 0.6 is 0 Å². The first kappa shape index (κ1) is 12.7. The molecule has 0 unspecified atom stereocenters. The van der Waals surface area contributed by atoms with Crippen molar-refractivity contribution in [3.05, 3.63) is 47.5 Å². The van der Waals surface area contributed by atoms with Gasteiger partial charge in [0.15, 0.2) is 5.58 Å². The van der Waals surface area contributed by atoms with Crippen molar-refractivity contribution in [2.75, 3.05) is 0 Å². The summed E-state index contributed by atoms with van der Waals surface area (Å²) in [6, 6.07) is 11.4. The number of phenols is 1. The second-order valence-corrected chi connectivity index (χ2v) is 5.37. The molecule has 0 aliphatic rings. The van der Waals surface area contributed by atoms with Gasteiger partial charge >= 0.3 is 0 Å². The van der Waals surface area contributed by atoms with Crippen LogP contribution in [-0.4, -0.2) is 10.1 Å². The summed E-state index contributed by atoms with van der Waals surface area (Å²) in [4.78, 5) is 4.52. The van der Waals surface area contributed by atoms with Crippen LogP contribution in [0.5, 0.6) is 5.75 Å². The molecule has 0 fully saturated rings. The maximum absolute atomic E-state index is 10.1. The smallest absolute Gasteiger partial charge is 0.227 e. The number of benzene rings is 2. The van der Waals surface area contributed by atoms with E-state index >= 15 is 0 Å². The molecular weight excluding hydrogens is 250 g/mol. The van der Waals surface area contributed by atoms with Crippen LogP contribution in [0.1, 0.15) is 30.9 Å². The standard InChI is InChI=1S/C17H17NO2/c1-10(2)13-8-7-12(9-14(13)19)17-18-16-11(3)5-4-6-15(16)20-17/h4-10,19H,1-3H3. The molecule has 0 atom stereocenters. The minimum Gasteiger partial charge on any atom is -0.508 e. The Bertz CT molecular complexity index is 772. The van der Waals surface area contributed by atoms with Crippen LogP contribution in [0.15, 0.2) is 40.8 Å². The van der Waals surface area contributed by atoms with Gasteiger partial charge in [-0.3, -0.25) is 0 Å². The summed E-state index contributed by atoms with van der Waals surface area (Å²) in [5.74, 6) is 1.12. The van der Waals surface area contributed by atoms with E-state index in [-0.39, 0.29) is 11.7 Å². The lowest BCUT2D eigenvalue weighted by Crippen LogP contribution is -1.88. The number of fused-ring (bicyclic) bond motifs is 1. The Morgan fingerprint density at radius 1 is 1.15 bits per heavy atom. The lowest BCUT2D eigenvalue weighted by atomic mass is 10.0. The van der Waals surface area contributed by atoms with Crippen molar-refractivity contribution in [2.24, 2.45) is 0 Å². The van der Waals surface area contributed by atoms with Gasteiger partial charge in [0.05, 0.1) is 0 Å². The van der Waals surface area contributed by atoms with Crippen LogP contribution in [0, 0.1) is 6.92 Å². The van der Waals surface area contributed by atoms with Crippen molar-refractivity contribution in [1.82, 2.24) is 4.98 Å². The molecule has 0 saturated carbocycles. The first-order valence-corrected chi connectivity index (χ1v) is 6.75. The van der Waals surface area contributed by atoms with Gasteiger partial charge in [0.1, 0.15) is 11.3 Å². The molecule has 0 amide bonds. The molecule has 0 bridgehead atoms. The number of oxazole rings is 1. The Balaban J connectivity index is 2.11. The highest BCUT2D eigenvalue weighted by molar-refractivity contribution is 5.79. The van der Waals surface area contributed by atoms with E-state index in [4.69, 9.17) is 4.42 Å². The van der Waals surface area contributed by atoms with E-state index in [1.807, 2.05) is 37.3 Å². The molecule has 0 aliphatic carbocycles. The first-order chi connectivity index (χ1) is 9.56. The Labute approximate surface area is 117 Å². The monoisotopic (exact) mass is 267 g/mol. The number of aromatic hydroxyl groups is 1. The van der Waals surface area contributed by atoms with Crippen LogP contribution in [0.25, 0.3) is 22.6 Å². The average molecular weight is 267 g/mol. The zero-order valence-electron chi connectivity index (χ0n) is 11.8. The Morgan fingerprint density at radius 2 is 1.95 bits per heavy atom. The zero-order valence-corrected chi connectivity index (χ0v) is 11.8. The fraction of sp³-hybridized carbons (Fsp3) is 0.235. The molecule has 2 aromatic carbocycles. The van der Waals surface area contributed by atoms with E-state index in [0.29, 0.717) is 5.89 Å². The predicted octanol–water partition coefficient (Wildman–Crippen LogP) is 4.63. The molecule has 0 aliphatic heterocycles. The van der Waals surface area contributed by atoms with Crippen LogP contribution in [0.4, 0.5) is 0 Å². The lowest BCUT2D eigenvalue weighted by molar-refractivity contribution is 0.464. The third-order valence-electron chi connectivity index (χ3n) is 3.52. The van der Waals surface area contributed by atoms with Gasteiger partial charge in [-0.2, -0.15) is 0 Å². The normalized spacial score (nSPS) is 11.4. The summed E-state index contributed by atoms with van der Waals surface area (Å²) in [5, 5.41) is 10.1. The number of hydrogen-bond donors (Lipinski definition) is 1. The Hall–Kier alpha value is -2.29. The molecule has 1 N–H and O–H groups in total. The lowest BCUT2D eigenvalue weighted by Gasteiger charge is -2.08. The van der Waals surface area contributed by atoms with Gasteiger partial charge in [-0.25, -0.2) is 4.98 Å². The van der Waals surface area contributed by atoms with Crippen LogP contribution in [-0.2, 0) is 0 Å². The number of para-hydroxylation sites is 1. The van der Waals surface area contributed by atoms with E-state index < -0.39 is 0 Å². The quantitative estimate of drug-likeness (QED) is 0.736. The summed E-state index contributed by atoms with van der Waals surface area (Å²) >= 11 is 0. The van der Waals surface area contributed by atoms with E-state index in [2.05, 4.69) is 18.8 Å². The van der Waals surface area contributed by atoms with E-state index in [1.165, 1.54) is 0 Å². The molecule has 3 rings (SSSR count). The summed E-state index contributed by atoms with van der Waals surface area (Å²) < 4.78 is 5.77. The molecule has 102 valence electrons. The van der Waals surface area contributed by atoms with Gasteiger partial charge in [-0.1, -0.05) is 32.0 Å². The van der Waals surface area contributed by atoms with Crippen molar-refractivity contribution in [3.8, 4) is 17.2 Å². The van der Waals surface area contributed by atoms with E-state index in [9.17, 15) is 5.11 Å². The second kappa shape index (κ2) is 4.67. The highest BCUT2D eigenvalue weighted by atomic mass is 16.3. The fourth-order valence-corrected chi connectivity index (χ4v) is 2.37. The molecule has 3 heteroatoms. The molecule has 3 aromatic rings. The highest BCUT2D eigenvalue weighted by Gasteiger charge is 2.12. The van der Waals surface area contributed by atoms with Crippen molar-refractivity contribution in [3.63, 3.8) is 0 Å². The predicted molar refractivity (Wildman–Crippen MR) is 79.9 cm³/mol. The molecule has 0 radical (unpaired) electrons. The van der Waals surface area contributed by atoms with Gasteiger partial charge in [-0.05, 0) is 42.2 Å². The van der Waals surface area contributed by atoms with Crippen molar-refractivity contribution >= 4 is 11.1 Å².